The molecule has 1 saturated heterocycles. The van der Waals surface area contributed by atoms with Gasteiger partial charge in [-0.1, -0.05) is 26.0 Å². The van der Waals surface area contributed by atoms with Gasteiger partial charge in [-0.05, 0) is 24.0 Å². The van der Waals surface area contributed by atoms with Gasteiger partial charge in [-0.2, -0.15) is 0 Å². The second kappa shape index (κ2) is 4.96. The second-order valence-electron chi connectivity index (χ2n) is 6.24. The van der Waals surface area contributed by atoms with E-state index in [2.05, 4.69) is 12.2 Å². The van der Waals surface area contributed by atoms with Gasteiger partial charge in [-0.15, -0.1) is 0 Å². The van der Waals surface area contributed by atoms with Gasteiger partial charge in [-0.25, -0.2) is 0 Å². The number of ketones is 2. The monoisotopic (exact) mass is 274 g/mol. The van der Waals surface area contributed by atoms with Crippen LogP contribution in [0.25, 0.3) is 0 Å². The Morgan fingerprint density at radius 2 is 1.50 bits per heavy atom. The van der Waals surface area contributed by atoms with Crippen molar-refractivity contribution in [1.82, 2.24) is 0 Å². The van der Waals surface area contributed by atoms with E-state index < -0.39 is 5.41 Å². The highest BCUT2D eigenvalue weighted by atomic mass is 16.5. The molecule has 0 bridgehead atoms. The first-order valence-electron chi connectivity index (χ1n) is 7.66. The molecule has 0 amide bonds. The van der Waals surface area contributed by atoms with E-state index >= 15 is 0 Å². The van der Waals surface area contributed by atoms with Crippen LogP contribution >= 0.6 is 0 Å². The molecule has 0 aromatic carbocycles. The molecule has 20 heavy (non-hydrogen) atoms. The third-order valence-corrected chi connectivity index (χ3v) is 5.11. The van der Waals surface area contributed by atoms with E-state index in [0.29, 0.717) is 37.5 Å². The summed E-state index contributed by atoms with van der Waals surface area (Å²) in [6.45, 7) is 5.27. The van der Waals surface area contributed by atoms with Crippen LogP contribution in [0.2, 0.25) is 0 Å². The molecule has 2 unspecified atom stereocenters. The predicted molar refractivity (Wildman–Crippen MR) is 76.2 cm³/mol. The largest absolute Gasteiger partial charge is 0.380 e. The van der Waals surface area contributed by atoms with Crippen molar-refractivity contribution in [3.05, 3.63) is 23.3 Å². The molecular weight excluding hydrogens is 252 g/mol. The fourth-order valence-electron chi connectivity index (χ4n) is 3.95. The van der Waals surface area contributed by atoms with Crippen LogP contribution in [-0.4, -0.2) is 24.8 Å². The van der Waals surface area contributed by atoms with Crippen molar-refractivity contribution < 1.29 is 14.3 Å². The van der Waals surface area contributed by atoms with E-state index in [-0.39, 0.29) is 11.6 Å². The lowest BCUT2D eigenvalue weighted by Crippen LogP contribution is -2.36. The number of rotatable bonds is 4. The number of allylic oxidation sites excluding steroid dienone is 2. The van der Waals surface area contributed by atoms with Gasteiger partial charge in [0.1, 0.15) is 11.6 Å². The van der Waals surface area contributed by atoms with Gasteiger partial charge < -0.3 is 4.74 Å². The van der Waals surface area contributed by atoms with Crippen LogP contribution in [-0.2, 0) is 14.3 Å². The molecule has 1 saturated carbocycles. The van der Waals surface area contributed by atoms with Crippen LogP contribution in [0.1, 0.15) is 39.5 Å². The fourth-order valence-corrected chi connectivity index (χ4v) is 3.95. The van der Waals surface area contributed by atoms with E-state index in [1.54, 1.807) is 0 Å². The van der Waals surface area contributed by atoms with Crippen LogP contribution in [0.15, 0.2) is 23.3 Å². The standard InChI is InChI=1S/C17H22O3/c1-3-15(18)17(16(19)4-2)7-11-5-13-9-20-10-14(13)6-12(11)8-17/h5-6,13-14H,3-4,7-10H2,1-2H3. The highest BCUT2D eigenvalue weighted by Gasteiger charge is 2.50. The molecule has 0 aromatic rings. The lowest BCUT2D eigenvalue weighted by atomic mass is 9.75. The van der Waals surface area contributed by atoms with E-state index in [4.69, 9.17) is 4.74 Å². The minimum atomic E-state index is -0.763. The van der Waals surface area contributed by atoms with E-state index in [9.17, 15) is 9.59 Å². The molecule has 0 spiro atoms. The first-order valence-corrected chi connectivity index (χ1v) is 7.66. The van der Waals surface area contributed by atoms with Gasteiger partial charge in [0.15, 0.2) is 0 Å². The fraction of sp³-hybridized carbons (Fsp3) is 0.647. The molecule has 3 aliphatic rings. The normalized spacial score (nSPS) is 30.3. The summed E-state index contributed by atoms with van der Waals surface area (Å²) < 4.78 is 5.52. The summed E-state index contributed by atoms with van der Waals surface area (Å²) in [7, 11) is 0. The number of Topliss-reactive ketones (excluding diaryl/α,β-unsaturated/α-hetero) is 2. The van der Waals surface area contributed by atoms with Gasteiger partial charge >= 0.3 is 0 Å². The van der Waals surface area contributed by atoms with Gasteiger partial charge in [-0.3, -0.25) is 9.59 Å². The quantitative estimate of drug-likeness (QED) is 0.740. The number of fused-ring (bicyclic) bond motifs is 2. The lowest BCUT2D eigenvalue weighted by Gasteiger charge is -2.24. The van der Waals surface area contributed by atoms with E-state index in [1.807, 2.05) is 13.8 Å². The summed E-state index contributed by atoms with van der Waals surface area (Å²) in [4.78, 5) is 24.9. The smallest absolute Gasteiger partial charge is 0.146 e. The highest BCUT2D eigenvalue weighted by molar-refractivity contribution is 6.08. The Bertz CT molecular complexity index is 466. The van der Waals surface area contributed by atoms with Gasteiger partial charge in [0.2, 0.25) is 0 Å². The van der Waals surface area contributed by atoms with Crippen LogP contribution in [0.3, 0.4) is 0 Å². The molecule has 0 radical (unpaired) electrons. The van der Waals surface area contributed by atoms with Crippen molar-refractivity contribution in [2.45, 2.75) is 39.5 Å². The third kappa shape index (κ3) is 1.91. The van der Waals surface area contributed by atoms with Crippen molar-refractivity contribution in [1.29, 1.82) is 0 Å². The molecule has 1 heterocycles. The zero-order chi connectivity index (χ0) is 14.3. The minimum absolute atomic E-state index is 0.113. The first kappa shape index (κ1) is 13.7. The molecule has 3 rings (SSSR count). The topological polar surface area (TPSA) is 43.4 Å². The van der Waals surface area contributed by atoms with Crippen LogP contribution < -0.4 is 0 Å². The number of carbonyl (C=O) groups is 2. The summed E-state index contributed by atoms with van der Waals surface area (Å²) in [6, 6.07) is 0. The zero-order valence-corrected chi connectivity index (χ0v) is 12.3. The van der Waals surface area contributed by atoms with Crippen molar-refractivity contribution in [3.8, 4) is 0 Å². The molecule has 2 aliphatic carbocycles. The molecule has 2 fully saturated rings. The maximum Gasteiger partial charge on any atom is 0.146 e. The van der Waals surface area contributed by atoms with E-state index in [1.165, 1.54) is 11.1 Å². The molecule has 0 N–H and O–H groups in total. The average molecular weight is 274 g/mol. The molecule has 3 heteroatoms. The minimum Gasteiger partial charge on any atom is -0.380 e. The molecule has 0 aromatic heterocycles. The molecular formula is C17H22O3. The molecule has 108 valence electrons. The number of ether oxygens (including phenoxy) is 1. The summed E-state index contributed by atoms with van der Waals surface area (Å²) in [5.74, 6) is 1.11. The van der Waals surface area contributed by atoms with Crippen molar-refractivity contribution >= 4 is 11.6 Å². The zero-order valence-electron chi connectivity index (χ0n) is 12.3. The van der Waals surface area contributed by atoms with Crippen molar-refractivity contribution in [3.63, 3.8) is 0 Å². The summed E-state index contributed by atoms with van der Waals surface area (Å²) in [6.07, 6.45) is 6.65. The maximum absolute atomic E-state index is 12.4. The predicted octanol–water partition coefficient (Wildman–Crippen LogP) is 2.85. The Morgan fingerprint density at radius 3 is 1.90 bits per heavy atom. The Balaban J connectivity index is 1.96. The third-order valence-electron chi connectivity index (χ3n) is 5.11. The van der Waals surface area contributed by atoms with Crippen molar-refractivity contribution in [2.75, 3.05) is 13.2 Å². The van der Waals surface area contributed by atoms with E-state index in [0.717, 1.165) is 13.2 Å². The first-order chi connectivity index (χ1) is 9.60. The molecule has 1 aliphatic heterocycles. The Morgan fingerprint density at radius 1 is 1.05 bits per heavy atom. The van der Waals surface area contributed by atoms with Gasteiger partial charge in [0.25, 0.3) is 0 Å². The maximum atomic E-state index is 12.4. The Labute approximate surface area is 120 Å². The second-order valence-corrected chi connectivity index (χ2v) is 6.24. The summed E-state index contributed by atoms with van der Waals surface area (Å²) >= 11 is 0. The SMILES string of the molecule is CCC(=O)C1(C(=O)CC)CC2=CC3COCC3C=C2C1. The van der Waals surface area contributed by atoms with Gasteiger partial charge in [0.05, 0.1) is 18.6 Å². The molecule has 2 atom stereocenters. The Hall–Kier alpha value is -1.22. The Kier molecular flexibility index (Phi) is 3.41. The summed E-state index contributed by atoms with van der Waals surface area (Å²) in [5.41, 5.74) is 1.68. The van der Waals surface area contributed by atoms with Crippen LogP contribution in [0.5, 0.6) is 0 Å². The van der Waals surface area contributed by atoms with Crippen LogP contribution in [0.4, 0.5) is 0 Å². The molecule has 3 nitrogen and oxygen atoms in total. The van der Waals surface area contributed by atoms with Gasteiger partial charge in [0, 0.05) is 24.7 Å². The average Bonchev–Trinajstić information content (AvgIpc) is 3.06. The number of hydrogen-bond acceptors (Lipinski definition) is 3. The lowest BCUT2D eigenvalue weighted by molar-refractivity contribution is -0.139. The summed E-state index contributed by atoms with van der Waals surface area (Å²) in [5, 5.41) is 0. The highest BCUT2D eigenvalue weighted by Crippen LogP contribution is 2.51. The number of carbonyl (C=O) groups excluding carboxylic acids is 2. The number of hydrogen-bond donors (Lipinski definition) is 0. The van der Waals surface area contributed by atoms with Crippen LogP contribution in [0, 0.1) is 17.3 Å². The van der Waals surface area contributed by atoms with Crippen molar-refractivity contribution in [2.24, 2.45) is 17.3 Å².